The molecule has 1 aromatic heterocycles. The fourth-order valence-electron chi connectivity index (χ4n) is 2.09. The summed E-state index contributed by atoms with van der Waals surface area (Å²) < 4.78 is 54.1. The van der Waals surface area contributed by atoms with E-state index < -0.39 is 89.2 Å². The summed E-state index contributed by atoms with van der Waals surface area (Å²) in [5, 5.41) is 38.1. The van der Waals surface area contributed by atoms with Gasteiger partial charge in [0.1, 0.15) is 29.6 Å². The zero-order valence-corrected chi connectivity index (χ0v) is 11.7. The number of fused-ring (bicyclic) bond motifs is 1. The van der Waals surface area contributed by atoms with Crippen molar-refractivity contribution in [2.45, 2.75) is 30.7 Å². The Labute approximate surface area is 141 Å². The monoisotopic (exact) mass is 343 g/mol. The third-order valence-electron chi connectivity index (χ3n) is 3.29. The predicted octanol–water partition coefficient (Wildman–Crippen LogP) is -0.936. The Hall–Kier alpha value is -2.46. The highest BCUT2D eigenvalue weighted by Gasteiger charge is 2.48. The van der Waals surface area contributed by atoms with E-state index in [1.165, 1.54) is 0 Å². The lowest BCUT2D eigenvalue weighted by Gasteiger charge is -2.38. The van der Waals surface area contributed by atoms with Crippen LogP contribution in [0.3, 0.4) is 0 Å². The van der Waals surface area contributed by atoms with Crippen molar-refractivity contribution in [3.8, 4) is 5.75 Å². The van der Waals surface area contributed by atoms with E-state index in [9.17, 15) is 24.9 Å². The predicted molar refractivity (Wildman–Crippen MR) is 77.4 cm³/mol. The molecule has 1 aromatic carbocycles. The Morgan fingerprint density at radius 2 is 1.83 bits per heavy atom. The fraction of sp³-hybridized carbons (Fsp3) is 0.333. The van der Waals surface area contributed by atoms with Crippen LogP contribution in [0.1, 0.15) is 6.85 Å². The van der Waals surface area contributed by atoms with Gasteiger partial charge in [0.2, 0.25) is 6.29 Å². The number of hydrogen-bond acceptors (Lipinski definition) is 8. The molecule has 3 rings (SSSR count). The first-order valence-corrected chi connectivity index (χ1v) is 6.60. The van der Waals surface area contributed by atoms with Crippen LogP contribution in [0.25, 0.3) is 11.0 Å². The van der Waals surface area contributed by atoms with Gasteiger partial charge < -0.3 is 34.3 Å². The average molecular weight is 343 g/mol. The van der Waals surface area contributed by atoms with Gasteiger partial charge in [0.25, 0.3) is 0 Å². The van der Waals surface area contributed by atoms with E-state index in [0.717, 1.165) is 0 Å². The van der Waals surface area contributed by atoms with E-state index in [1.807, 2.05) is 0 Å². The van der Waals surface area contributed by atoms with Crippen molar-refractivity contribution in [1.29, 1.82) is 0 Å². The highest BCUT2D eigenvalue weighted by molar-refractivity contribution is 5.77. The number of carboxylic acid groups (broad SMARTS) is 1. The van der Waals surface area contributed by atoms with Crippen LogP contribution in [0.5, 0.6) is 5.75 Å². The fourth-order valence-corrected chi connectivity index (χ4v) is 2.09. The second kappa shape index (κ2) is 6.21. The molecule has 0 spiro atoms. The van der Waals surface area contributed by atoms with Gasteiger partial charge in [-0.3, -0.25) is 0 Å². The Bertz CT molecular complexity index is 1060. The summed E-state index contributed by atoms with van der Waals surface area (Å²) in [5.74, 6) is -2.44. The second-order valence-corrected chi connectivity index (χ2v) is 4.90. The standard InChI is InChI=1S/C15H14O9/c16-9-4-2-6-1-3-7(5-8(6)23-9)22-15-12(19)10(17)11(18)13(24-15)14(20)21/h1-5,10-13,15,17-19H,(H,20,21)/i1D,2D,3D,4D,5D. The summed E-state index contributed by atoms with van der Waals surface area (Å²) in [6.45, 7) is 0. The minimum atomic E-state index is -2.00. The van der Waals surface area contributed by atoms with Crippen molar-refractivity contribution < 1.29 is 46.0 Å². The van der Waals surface area contributed by atoms with Crippen LogP contribution in [-0.2, 0) is 9.53 Å². The molecule has 4 N–H and O–H groups in total. The van der Waals surface area contributed by atoms with E-state index in [-0.39, 0.29) is 0 Å². The summed E-state index contributed by atoms with van der Waals surface area (Å²) in [6.07, 6.45) is -9.94. The summed E-state index contributed by atoms with van der Waals surface area (Å²) in [6, 6.07) is -3.92. The molecule has 5 unspecified atom stereocenters. The van der Waals surface area contributed by atoms with Crippen molar-refractivity contribution in [2.75, 3.05) is 0 Å². The van der Waals surface area contributed by atoms with E-state index >= 15 is 0 Å². The van der Waals surface area contributed by atoms with Crippen LogP contribution < -0.4 is 10.4 Å². The van der Waals surface area contributed by atoms with Crippen LogP contribution in [0.15, 0.2) is 39.4 Å². The second-order valence-electron chi connectivity index (χ2n) is 4.90. The molecule has 0 bridgehead atoms. The molecule has 0 amide bonds. The van der Waals surface area contributed by atoms with Gasteiger partial charge in [0.05, 0.1) is 6.85 Å². The van der Waals surface area contributed by atoms with E-state index in [1.54, 1.807) is 0 Å². The number of carboxylic acids is 1. The number of rotatable bonds is 3. The van der Waals surface area contributed by atoms with Gasteiger partial charge in [-0.25, -0.2) is 9.59 Å². The normalized spacial score (nSPS) is 33.1. The number of ether oxygens (including phenoxy) is 2. The van der Waals surface area contributed by atoms with Crippen molar-refractivity contribution in [1.82, 2.24) is 0 Å². The number of aliphatic hydroxyl groups excluding tert-OH is 3. The first kappa shape index (κ1) is 11.2. The molecule has 1 saturated heterocycles. The molecular weight excluding hydrogens is 324 g/mol. The summed E-state index contributed by atoms with van der Waals surface area (Å²) in [7, 11) is 0. The van der Waals surface area contributed by atoms with Crippen molar-refractivity contribution in [3.63, 3.8) is 0 Å². The molecule has 1 aliphatic rings. The number of carbonyl (C=O) groups is 1. The topological polar surface area (TPSA) is 147 Å². The summed E-state index contributed by atoms with van der Waals surface area (Å²) in [5.41, 5.74) is -1.90. The lowest BCUT2D eigenvalue weighted by atomic mass is 9.99. The van der Waals surface area contributed by atoms with Gasteiger partial charge in [-0.2, -0.15) is 0 Å². The molecular formula is C15H14O9. The van der Waals surface area contributed by atoms with Gasteiger partial charge in [-0.15, -0.1) is 0 Å². The molecule has 0 saturated carbocycles. The van der Waals surface area contributed by atoms with E-state index in [4.69, 9.17) is 25.9 Å². The molecule has 9 heteroatoms. The summed E-state index contributed by atoms with van der Waals surface area (Å²) in [4.78, 5) is 22.8. The van der Waals surface area contributed by atoms with Crippen LogP contribution >= 0.6 is 0 Å². The van der Waals surface area contributed by atoms with Gasteiger partial charge in [0, 0.05) is 17.5 Å². The largest absolute Gasteiger partial charge is 0.479 e. The van der Waals surface area contributed by atoms with Crippen LogP contribution in [0.4, 0.5) is 0 Å². The maximum Gasteiger partial charge on any atom is 0.336 e. The number of hydrogen-bond donors (Lipinski definition) is 4. The van der Waals surface area contributed by atoms with Crippen molar-refractivity contribution >= 4 is 16.9 Å². The number of aliphatic carboxylic acids is 1. The molecule has 0 radical (unpaired) electrons. The van der Waals surface area contributed by atoms with Crippen molar-refractivity contribution in [3.05, 3.63) is 40.6 Å². The molecule has 24 heavy (non-hydrogen) atoms. The van der Waals surface area contributed by atoms with E-state index in [2.05, 4.69) is 0 Å². The van der Waals surface area contributed by atoms with Gasteiger partial charge in [-0.1, -0.05) is 0 Å². The molecule has 5 atom stereocenters. The molecule has 2 heterocycles. The van der Waals surface area contributed by atoms with Gasteiger partial charge >= 0.3 is 11.6 Å². The first-order valence-electron chi connectivity index (χ1n) is 9.10. The highest BCUT2D eigenvalue weighted by atomic mass is 16.7. The molecule has 0 aliphatic carbocycles. The minimum Gasteiger partial charge on any atom is -0.479 e. The molecule has 128 valence electrons. The Morgan fingerprint density at radius 1 is 1.12 bits per heavy atom. The molecule has 2 aromatic rings. The van der Waals surface area contributed by atoms with Crippen LogP contribution in [-0.4, -0.2) is 57.1 Å². The lowest BCUT2D eigenvalue weighted by Crippen LogP contribution is -2.61. The first-order chi connectivity index (χ1) is 13.5. The molecule has 1 fully saturated rings. The van der Waals surface area contributed by atoms with E-state index in [0.29, 0.717) is 0 Å². The van der Waals surface area contributed by atoms with Gasteiger partial charge in [0.15, 0.2) is 6.10 Å². The zero-order valence-electron chi connectivity index (χ0n) is 16.7. The third-order valence-corrected chi connectivity index (χ3v) is 3.29. The van der Waals surface area contributed by atoms with Crippen molar-refractivity contribution in [2.24, 2.45) is 0 Å². The Balaban J connectivity index is 2.12. The summed E-state index contributed by atoms with van der Waals surface area (Å²) >= 11 is 0. The van der Waals surface area contributed by atoms with Crippen LogP contribution in [0, 0.1) is 0 Å². The lowest BCUT2D eigenvalue weighted by molar-refractivity contribution is -0.271. The Morgan fingerprint density at radius 3 is 2.54 bits per heavy atom. The third kappa shape index (κ3) is 2.97. The SMILES string of the molecule is [2H]c1c(OC2OC(C(=O)O)C(O)C(O)C2O)c([2H])c2oc(=O)c([2H])c([2H])c2c1[2H]. The smallest absolute Gasteiger partial charge is 0.336 e. The zero-order chi connectivity index (χ0) is 21.8. The Kier molecular flexibility index (Phi) is 2.89. The highest BCUT2D eigenvalue weighted by Crippen LogP contribution is 2.26. The quantitative estimate of drug-likeness (QED) is 0.519. The van der Waals surface area contributed by atoms with Gasteiger partial charge in [-0.05, 0) is 18.1 Å². The molecule has 9 nitrogen and oxygen atoms in total. The van der Waals surface area contributed by atoms with Crippen LogP contribution in [0.2, 0.25) is 0 Å². The number of benzene rings is 1. The minimum absolute atomic E-state index is 0.457. The number of aliphatic hydroxyl groups is 3. The maximum absolute atomic E-state index is 11.7. The maximum atomic E-state index is 11.7. The molecule has 1 aliphatic heterocycles. The average Bonchev–Trinajstić information content (AvgIpc) is 2.66.